The molecule has 0 radical (unpaired) electrons. The summed E-state index contributed by atoms with van der Waals surface area (Å²) in [4.78, 5) is 22.8. The maximum Gasteiger partial charge on any atom is 0.252 e. The zero-order chi connectivity index (χ0) is 13.9. The van der Waals surface area contributed by atoms with Gasteiger partial charge in [-0.25, -0.2) is 9.97 Å². The highest BCUT2D eigenvalue weighted by atomic mass is 16.3. The van der Waals surface area contributed by atoms with E-state index in [4.69, 9.17) is 5.11 Å². The summed E-state index contributed by atoms with van der Waals surface area (Å²) in [6.07, 6.45) is 5.10. The van der Waals surface area contributed by atoms with Crippen LogP contribution in [-0.4, -0.2) is 39.3 Å². The molecule has 1 N–H and O–H groups in total. The SMILES string of the molecule is O=c1ccc2c(N3CCCCC3)ncnc2n1CCO. The average molecular weight is 274 g/mol. The van der Waals surface area contributed by atoms with Gasteiger partial charge in [0.05, 0.1) is 18.5 Å². The minimum absolute atomic E-state index is 0.0813. The van der Waals surface area contributed by atoms with E-state index in [1.165, 1.54) is 36.2 Å². The molecule has 20 heavy (non-hydrogen) atoms. The molecule has 1 aliphatic rings. The normalized spacial score (nSPS) is 15.8. The van der Waals surface area contributed by atoms with Gasteiger partial charge in [-0.2, -0.15) is 0 Å². The number of pyridine rings is 1. The predicted octanol–water partition coefficient (Wildman–Crippen LogP) is 0.774. The molecule has 106 valence electrons. The van der Waals surface area contributed by atoms with Crippen LogP contribution in [0.1, 0.15) is 19.3 Å². The first-order valence-corrected chi connectivity index (χ1v) is 7.01. The number of aliphatic hydroxyl groups is 1. The molecule has 6 heteroatoms. The predicted molar refractivity (Wildman–Crippen MR) is 76.9 cm³/mol. The first kappa shape index (κ1) is 13.1. The number of hydrogen-bond acceptors (Lipinski definition) is 5. The highest BCUT2D eigenvalue weighted by molar-refractivity contribution is 5.87. The van der Waals surface area contributed by atoms with E-state index in [2.05, 4.69) is 14.9 Å². The van der Waals surface area contributed by atoms with Gasteiger partial charge < -0.3 is 10.0 Å². The lowest BCUT2D eigenvalue weighted by Gasteiger charge is -2.28. The second-order valence-corrected chi connectivity index (χ2v) is 5.03. The quantitative estimate of drug-likeness (QED) is 0.895. The third kappa shape index (κ3) is 2.27. The van der Waals surface area contributed by atoms with Crippen LogP contribution in [0.2, 0.25) is 0 Å². The largest absolute Gasteiger partial charge is 0.395 e. The maximum absolute atomic E-state index is 11.9. The molecule has 2 aromatic heterocycles. The Hall–Kier alpha value is -1.95. The molecule has 0 saturated carbocycles. The van der Waals surface area contributed by atoms with Crippen molar-refractivity contribution in [2.75, 3.05) is 24.6 Å². The number of aromatic nitrogens is 3. The number of anilines is 1. The Labute approximate surface area is 116 Å². The number of nitrogens with zero attached hydrogens (tertiary/aromatic N) is 4. The standard InChI is InChI=1S/C14H18N4O2/c19-9-8-18-12(20)5-4-11-13(15-10-16-14(11)18)17-6-2-1-3-7-17/h4-5,10,19H,1-3,6-9H2. The minimum Gasteiger partial charge on any atom is -0.395 e. The highest BCUT2D eigenvalue weighted by Gasteiger charge is 2.16. The third-order valence-corrected chi connectivity index (χ3v) is 3.74. The molecule has 3 heterocycles. The second-order valence-electron chi connectivity index (χ2n) is 5.03. The molecule has 0 amide bonds. The summed E-state index contributed by atoms with van der Waals surface area (Å²) in [5, 5.41) is 9.99. The zero-order valence-electron chi connectivity index (χ0n) is 11.3. The van der Waals surface area contributed by atoms with Crippen molar-refractivity contribution >= 4 is 16.9 Å². The number of fused-ring (bicyclic) bond motifs is 1. The van der Waals surface area contributed by atoms with Crippen molar-refractivity contribution in [1.29, 1.82) is 0 Å². The molecule has 0 unspecified atom stereocenters. The van der Waals surface area contributed by atoms with Gasteiger partial charge in [-0.1, -0.05) is 0 Å². The minimum atomic E-state index is -0.144. The van der Waals surface area contributed by atoms with Gasteiger partial charge in [-0.05, 0) is 25.3 Å². The molecule has 1 saturated heterocycles. The number of piperidine rings is 1. The first-order valence-electron chi connectivity index (χ1n) is 7.01. The molecule has 0 spiro atoms. The van der Waals surface area contributed by atoms with Gasteiger partial charge >= 0.3 is 0 Å². The Bertz CT molecular complexity index is 662. The van der Waals surface area contributed by atoms with Crippen LogP contribution in [0.25, 0.3) is 11.0 Å². The van der Waals surface area contributed by atoms with E-state index in [9.17, 15) is 4.79 Å². The van der Waals surface area contributed by atoms with Gasteiger partial charge in [-0.15, -0.1) is 0 Å². The molecule has 3 rings (SSSR count). The Morgan fingerprint density at radius 2 is 1.95 bits per heavy atom. The third-order valence-electron chi connectivity index (χ3n) is 3.74. The molecule has 6 nitrogen and oxygen atoms in total. The second kappa shape index (κ2) is 5.58. The zero-order valence-corrected chi connectivity index (χ0v) is 11.3. The Balaban J connectivity index is 2.14. The molecule has 1 fully saturated rings. The highest BCUT2D eigenvalue weighted by Crippen LogP contribution is 2.24. The van der Waals surface area contributed by atoms with Crippen LogP contribution in [0.3, 0.4) is 0 Å². The molecule has 0 aromatic carbocycles. The fourth-order valence-corrected chi connectivity index (χ4v) is 2.76. The van der Waals surface area contributed by atoms with Gasteiger partial charge in [0.1, 0.15) is 17.8 Å². The first-order chi connectivity index (χ1) is 9.81. The van der Waals surface area contributed by atoms with Crippen LogP contribution >= 0.6 is 0 Å². The lowest BCUT2D eigenvalue weighted by atomic mass is 10.1. The van der Waals surface area contributed by atoms with Gasteiger partial charge in [0.2, 0.25) is 0 Å². The van der Waals surface area contributed by atoms with E-state index in [0.29, 0.717) is 5.65 Å². The molecule has 0 bridgehead atoms. The van der Waals surface area contributed by atoms with Crippen LogP contribution in [0.5, 0.6) is 0 Å². The van der Waals surface area contributed by atoms with Crippen molar-refractivity contribution in [2.24, 2.45) is 0 Å². The van der Waals surface area contributed by atoms with Crippen molar-refractivity contribution in [3.8, 4) is 0 Å². The van der Waals surface area contributed by atoms with Crippen LogP contribution < -0.4 is 10.5 Å². The van der Waals surface area contributed by atoms with Gasteiger partial charge in [-0.3, -0.25) is 9.36 Å². The summed E-state index contributed by atoms with van der Waals surface area (Å²) in [7, 11) is 0. The lowest BCUT2D eigenvalue weighted by Crippen LogP contribution is -2.31. The summed E-state index contributed by atoms with van der Waals surface area (Å²) < 4.78 is 1.50. The van der Waals surface area contributed by atoms with Crippen LogP contribution in [0, 0.1) is 0 Å². The summed E-state index contributed by atoms with van der Waals surface area (Å²) in [5.41, 5.74) is 0.456. The molecular weight excluding hydrogens is 256 g/mol. The molecule has 2 aromatic rings. The van der Waals surface area contributed by atoms with Gasteiger partial charge in [0.15, 0.2) is 0 Å². The van der Waals surface area contributed by atoms with Crippen LogP contribution in [0.4, 0.5) is 5.82 Å². The smallest absolute Gasteiger partial charge is 0.252 e. The Morgan fingerprint density at radius 1 is 1.15 bits per heavy atom. The summed E-state index contributed by atoms with van der Waals surface area (Å²) >= 11 is 0. The lowest BCUT2D eigenvalue weighted by molar-refractivity contribution is 0.276. The average Bonchev–Trinajstić information content (AvgIpc) is 2.50. The van der Waals surface area contributed by atoms with Crippen molar-refractivity contribution < 1.29 is 5.11 Å². The topological polar surface area (TPSA) is 71.2 Å². The van der Waals surface area contributed by atoms with Crippen molar-refractivity contribution in [2.45, 2.75) is 25.8 Å². The van der Waals surface area contributed by atoms with Gasteiger partial charge in [0.25, 0.3) is 5.56 Å². The number of hydrogen-bond donors (Lipinski definition) is 1. The summed E-state index contributed by atoms with van der Waals surface area (Å²) in [6, 6.07) is 3.31. The van der Waals surface area contributed by atoms with Crippen LogP contribution in [0.15, 0.2) is 23.3 Å². The van der Waals surface area contributed by atoms with Crippen molar-refractivity contribution in [3.05, 3.63) is 28.8 Å². The van der Waals surface area contributed by atoms with E-state index in [1.54, 1.807) is 6.07 Å². The van der Waals surface area contributed by atoms with Gasteiger partial charge in [0, 0.05) is 19.2 Å². The van der Waals surface area contributed by atoms with Crippen molar-refractivity contribution in [1.82, 2.24) is 14.5 Å². The molecule has 0 aliphatic carbocycles. The molecule has 1 aliphatic heterocycles. The van der Waals surface area contributed by atoms with E-state index in [-0.39, 0.29) is 18.7 Å². The Morgan fingerprint density at radius 3 is 2.70 bits per heavy atom. The maximum atomic E-state index is 11.9. The van der Waals surface area contributed by atoms with E-state index >= 15 is 0 Å². The molecular formula is C14H18N4O2. The summed E-state index contributed by atoms with van der Waals surface area (Å²) in [6.45, 7) is 2.16. The summed E-state index contributed by atoms with van der Waals surface area (Å²) in [5.74, 6) is 0.890. The van der Waals surface area contributed by atoms with Crippen LogP contribution in [-0.2, 0) is 6.54 Å². The van der Waals surface area contributed by atoms with Crippen molar-refractivity contribution in [3.63, 3.8) is 0 Å². The van der Waals surface area contributed by atoms with E-state index in [0.717, 1.165) is 24.3 Å². The number of rotatable bonds is 3. The van der Waals surface area contributed by atoms with E-state index < -0.39 is 0 Å². The fraction of sp³-hybridized carbons (Fsp3) is 0.500. The molecule has 0 atom stereocenters. The monoisotopic (exact) mass is 274 g/mol. The van der Waals surface area contributed by atoms with E-state index in [1.807, 2.05) is 0 Å². The number of aliphatic hydroxyl groups excluding tert-OH is 1. The Kier molecular flexibility index (Phi) is 3.64. The fourth-order valence-electron chi connectivity index (χ4n) is 2.76.